The molecule has 9 heteroatoms. The van der Waals surface area contributed by atoms with Gasteiger partial charge in [0.25, 0.3) is 0 Å². The number of hydrogen-bond donors (Lipinski definition) is 1. The van der Waals surface area contributed by atoms with E-state index in [4.69, 9.17) is 4.74 Å². The Kier molecular flexibility index (Phi) is 5.37. The molecule has 3 heterocycles. The first-order valence-electron chi connectivity index (χ1n) is 9.49. The second-order valence-corrected chi connectivity index (χ2v) is 7.14. The summed E-state index contributed by atoms with van der Waals surface area (Å²) in [4.78, 5) is 26.8. The van der Waals surface area contributed by atoms with Crippen molar-refractivity contribution in [2.75, 3.05) is 31.1 Å². The zero-order valence-electron chi connectivity index (χ0n) is 16.4. The van der Waals surface area contributed by atoms with Gasteiger partial charge in [-0.15, -0.1) is 0 Å². The van der Waals surface area contributed by atoms with E-state index in [0.29, 0.717) is 32.1 Å². The molecule has 3 aromatic rings. The number of aryl methyl sites for hydroxylation is 2. The number of ether oxygens (including phenoxy) is 1. The predicted molar refractivity (Wildman–Crippen MR) is 107 cm³/mol. The molecule has 2 aromatic heterocycles. The lowest BCUT2D eigenvalue weighted by atomic mass is 9.99. The first-order valence-corrected chi connectivity index (χ1v) is 9.49. The molecule has 0 radical (unpaired) electrons. The SMILES string of the molecule is Cc1cc(C)cc(OCCNC(=O)C2CN(c3cc(-n4cncn4)ncn3)C2)c1. The Morgan fingerprint density at radius 3 is 2.59 bits per heavy atom. The first kappa shape index (κ1) is 18.9. The Morgan fingerprint density at radius 1 is 1.10 bits per heavy atom. The molecular formula is C20H23N7O2. The number of amides is 1. The highest BCUT2D eigenvalue weighted by Crippen LogP contribution is 2.23. The predicted octanol–water partition coefficient (Wildman–Crippen LogP) is 1.31. The second kappa shape index (κ2) is 8.26. The van der Waals surface area contributed by atoms with Gasteiger partial charge in [-0.3, -0.25) is 4.79 Å². The molecule has 0 bridgehead atoms. The molecule has 1 amide bonds. The van der Waals surface area contributed by atoms with Crippen LogP contribution in [-0.4, -0.2) is 56.9 Å². The van der Waals surface area contributed by atoms with Crippen molar-refractivity contribution in [3.8, 4) is 11.6 Å². The number of benzene rings is 1. The zero-order valence-corrected chi connectivity index (χ0v) is 16.4. The average molecular weight is 393 g/mol. The van der Waals surface area contributed by atoms with Gasteiger partial charge >= 0.3 is 0 Å². The molecular weight excluding hydrogens is 370 g/mol. The monoisotopic (exact) mass is 393 g/mol. The van der Waals surface area contributed by atoms with E-state index in [-0.39, 0.29) is 11.8 Å². The third-order valence-electron chi connectivity index (χ3n) is 4.73. The number of aromatic nitrogens is 5. The van der Waals surface area contributed by atoms with Crippen molar-refractivity contribution in [2.45, 2.75) is 13.8 Å². The normalized spacial score (nSPS) is 13.8. The van der Waals surface area contributed by atoms with Crippen LogP contribution < -0.4 is 15.0 Å². The van der Waals surface area contributed by atoms with Crippen molar-refractivity contribution in [1.29, 1.82) is 0 Å². The van der Waals surface area contributed by atoms with Crippen LogP contribution in [0, 0.1) is 19.8 Å². The summed E-state index contributed by atoms with van der Waals surface area (Å²) in [6.07, 6.45) is 4.53. The van der Waals surface area contributed by atoms with Gasteiger partial charge in [-0.1, -0.05) is 6.07 Å². The fourth-order valence-corrected chi connectivity index (χ4v) is 3.30. The third-order valence-corrected chi connectivity index (χ3v) is 4.73. The molecule has 0 unspecified atom stereocenters. The minimum absolute atomic E-state index is 0.0378. The molecule has 9 nitrogen and oxygen atoms in total. The second-order valence-electron chi connectivity index (χ2n) is 7.14. The molecule has 0 aliphatic carbocycles. The number of anilines is 1. The average Bonchev–Trinajstić information content (AvgIpc) is 3.18. The van der Waals surface area contributed by atoms with Crippen molar-refractivity contribution < 1.29 is 9.53 Å². The maximum Gasteiger partial charge on any atom is 0.226 e. The van der Waals surface area contributed by atoms with E-state index in [0.717, 1.165) is 22.7 Å². The van der Waals surface area contributed by atoms with Crippen molar-refractivity contribution in [3.05, 3.63) is 54.4 Å². The van der Waals surface area contributed by atoms with Gasteiger partial charge in [-0.25, -0.2) is 19.6 Å². The van der Waals surface area contributed by atoms with E-state index in [2.05, 4.69) is 31.4 Å². The molecule has 0 atom stereocenters. The highest BCUT2D eigenvalue weighted by molar-refractivity contribution is 5.81. The van der Waals surface area contributed by atoms with Crippen LogP contribution >= 0.6 is 0 Å². The lowest BCUT2D eigenvalue weighted by molar-refractivity contribution is -0.125. The van der Waals surface area contributed by atoms with Gasteiger partial charge in [-0.05, 0) is 37.1 Å². The molecule has 0 saturated carbocycles. The van der Waals surface area contributed by atoms with Crippen molar-refractivity contribution >= 4 is 11.7 Å². The summed E-state index contributed by atoms with van der Waals surface area (Å²) in [7, 11) is 0. The third kappa shape index (κ3) is 4.50. The van der Waals surface area contributed by atoms with Gasteiger partial charge in [0.15, 0.2) is 5.82 Å². The highest BCUT2D eigenvalue weighted by Gasteiger charge is 2.33. The van der Waals surface area contributed by atoms with Crippen LogP contribution in [0.25, 0.3) is 5.82 Å². The van der Waals surface area contributed by atoms with E-state index in [9.17, 15) is 4.79 Å². The standard InChI is InChI=1S/C20H23N7O2/c1-14-5-15(2)7-17(6-14)29-4-3-22-20(28)16-9-26(10-16)18-8-19(24-12-23-18)27-13-21-11-25-27/h5-8,11-13,16H,3-4,9-10H2,1-2H3,(H,22,28). The molecule has 1 aliphatic heterocycles. The first-order chi connectivity index (χ1) is 14.1. The minimum atomic E-state index is -0.0546. The molecule has 29 heavy (non-hydrogen) atoms. The Hall–Kier alpha value is -3.49. The Balaban J connectivity index is 1.22. The van der Waals surface area contributed by atoms with E-state index in [1.54, 1.807) is 11.0 Å². The van der Waals surface area contributed by atoms with Gasteiger partial charge in [0.1, 0.15) is 37.2 Å². The maximum absolute atomic E-state index is 12.3. The molecule has 0 spiro atoms. The van der Waals surface area contributed by atoms with Crippen molar-refractivity contribution in [1.82, 2.24) is 30.0 Å². The summed E-state index contributed by atoms with van der Waals surface area (Å²) in [6.45, 7) is 6.24. The Bertz CT molecular complexity index is 964. The minimum Gasteiger partial charge on any atom is -0.492 e. The fraction of sp³-hybridized carbons (Fsp3) is 0.350. The smallest absolute Gasteiger partial charge is 0.226 e. The van der Waals surface area contributed by atoms with Gasteiger partial charge < -0.3 is 15.0 Å². The summed E-state index contributed by atoms with van der Waals surface area (Å²) >= 11 is 0. The van der Waals surface area contributed by atoms with E-state index >= 15 is 0 Å². The van der Waals surface area contributed by atoms with Gasteiger partial charge in [0.05, 0.1) is 12.5 Å². The van der Waals surface area contributed by atoms with Crippen molar-refractivity contribution in [2.24, 2.45) is 5.92 Å². The van der Waals surface area contributed by atoms with E-state index in [1.807, 2.05) is 36.9 Å². The van der Waals surface area contributed by atoms with Crippen molar-refractivity contribution in [3.63, 3.8) is 0 Å². The van der Waals surface area contributed by atoms with Crippen LogP contribution in [-0.2, 0) is 4.79 Å². The van der Waals surface area contributed by atoms with Crippen LogP contribution in [0.4, 0.5) is 5.82 Å². The quantitative estimate of drug-likeness (QED) is 0.604. The molecule has 150 valence electrons. The lowest BCUT2D eigenvalue weighted by Gasteiger charge is -2.39. The van der Waals surface area contributed by atoms with E-state index < -0.39 is 0 Å². The summed E-state index contributed by atoms with van der Waals surface area (Å²) < 4.78 is 7.31. The Labute approximate surface area is 168 Å². The molecule has 1 N–H and O–H groups in total. The summed E-state index contributed by atoms with van der Waals surface area (Å²) in [5, 5.41) is 7.01. The number of carbonyl (C=O) groups is 1. The summed E-state index contributed by atoms with van der Waals surface area (Å²) in [5.41, 5.74) is 2.32. The topological polar surface area (TPSA) is 98.1 Å². The van der Waals surface area contributed by atoms with Crippen LogP contribution in [0.3, 0.4) is 0 Å². The zero-order chi connectivity index (χ0) is 20.2. The number of carbonyl (C=O) groups excluding carboxylic acids is 1. The summed E-state index contributed by atoms with van der Waals surface area (Å²) in [6, 6.07) is 7.92. The van der Waals surface area contributed by atoms with Crippen LogP contribution in [0.5, 0.6) is 5.75 Å². The molecule has 1 aliphatic rings. The number of rotatable bonds is 7. The van der Waals surface area contributed by atoms with Crippen LogP contribution in [0.2, 0.25) is 0 Å². The maximum atomic E-state index is 12.3. The van der Waals surface area contributed by atoms with E-state index in [1.165, 1.54) is 12.7 Å². The van der Waals surface area contributed by atoms with Crippen LogP contribution in [0.1, 0.15) is 11.1 Å². The molecule has 1 fully saturated rings. The number of nitrogens with zero attached hydrogens (tertiary/aromatic N) is 6. The Morgan fingerprint density at radius 2 is 1.86 bits per heavy atom. The number of nitrogens with one attached hydrogen (secondary N) is 1. The van der Waals surface area contributed by atoms with Gasteiger partial charge in [-0.2, -0.15) is 5.10 Å². The van der Waals surface area contributed by atoms with Gasteiger partial charge in [0, 0.05) is 19.2 Å². The fourth-order valence-electron chi connectivity index (χ4n) is 3.30. The molecule has 1 saturated heterocycles. The molecule has 1 aromatic carbocycles. The van der Waals surface area contributed by atoms with Crippen LogP contribution in [0.15, 0.2) is 43.2 Å². The number of hydrogen-bond acceptors (Lipinski definition) is 7. The lowest BCUT2D eigenvalue weighted by Crippen LogP contribution is -2.54. The summed E-state index contributed by atoms with van der Waals surface area (Å²) in [5.74, 6) is 2.23. The molecule has 4 rings (SSSR count). The largest absolute Gasteiger partial charge is 0.492 e. The van der Waals surface area contributed by atoms with Gasteiger partial charge in [0.2, 0.25) is 5.91 Å². The highest BCUT2D eigenvalue weighted by atomic mass is 16.5.